The first-order chi connectivity index (χ1) is 13.4. The van der Waals surface area contributed by atoms with E-state index in [9.17, 15) is 10.1 Å². The summed E-state index contributed by atoms with van der Waals surface area (Å²) in [5, 5.41) is 10.6. The summed E-state index contributed by atoms with van der Waals surface area (Å²) in [7, 11) is 1.73. The van der Waals surface area contributed by atoms with E-state index in [1.807, 2.05) is 48.5 Å². The van der Waals surface area contributed by atoms with Gasteiger partial charge in [0.15, 0.2) is 0 Å². The summed E-state index contributed by atoms with van der Waals surface area (Å²) in [5.74, 6) is 0.321. The van der Waals surface area contributed by atoms with Gasteiger partial charge in [-0.3, -0.25) is 4.79 Å². The van der Waals surface area contributed by atoms with Gasteiger partial charge in [-0.1, -0.05) is 50.2 Å². The molecule has 1 atom stereocenters. The number of ether oxygens (including phenoxy) is 1. The van der Waals surface area contributed by atoms with E-state index in [4.69, 9.17) is 10.5 Å². The van der Waals surface area contributed by atoms with E-state index >= 15 is 0 Å². The predicted octanol–water partition coefficient (Wildman–Crippen LogP) is 3.88. The van der Waals surface area contributed by atoms with Crippen molar-refractivity contribution in [3.8, 4) is 11.8 Å². The van der Waals surface area contributed by atoms with Crippen LogP contribution in [0, 0.1) is 11.3 Å². The second-order valence-corrected chi connectivity index (χ2v) is 7.37. The zero-order valence-corrected chi connectivity index (χ0v) is 16.1. The van der Waals surface area contributed by atoms with E-state index < -0.39 is 5.92 Å². The number of nitriles is 1. The van der Waals surface area contributed by atoms with E-state index in [1.165, 1.54) is 5.56 Å². The van der Waals surface area contributed by atoms with Crippen molar-refractivity contribution in [2.45, 2.75) is 25.7 Å². The van der Waals surface area contributed by atoms with Crippen molar-refractivity contribution in [1.82, 2.24) is 4.57 Å². The van der Waals surface area contributed by atoms with Crippen LogP contribution in [0.2, 0.25) is 0 Å². The summed E-state index contributed by atoms with van der Waals surface area (Å²) in [6.45, 7) is 4.25. The van der Waals surface area contributed by atoms with Crippen LogP contribution in [-0.4, -0.2) is 4.57 Å². The SMILES string of the molecule is CC(C)c1ccc([C@@H]2C(C#N)=C(N)Oc3c2c(=O)n(C)c2ccccc32)cc1. The smallest absolute Gasteiger partial charge is 0.258 e. The molecule has 0 radical (unpaired) electrons. The van der Waals surface area contributed by atoms with Crippen LogP contribution in [0.15, 0.2) is 64.8 Å². The Morgan fingerprint density at radius 1 is 1.14 bits per heavy atom. The van der Waals surface area contributed by atoms with Crippen LogP contribution in [0.5, 0.6) is 5.75 Å². The standard InChI is InChI=1S/C23H21N3O2/c1-13(2)14-8-10-15(11-9-14)19-17(12-24)22(25)28-21-16-6-4-5-7-18(16)26(3)23(27)20(19)21/h4-11,13,19H,25H2,1-3H3/t19-/m1/s1. The highest BCUT2D eigenvalue weighted by molar-refractivity contribution is 5.88. The van der Waals surface area contributed by atoms with E-state index in [0.29, 0.717) is 17.2 Å². The third-order valence-corrected chi connectivity index (χ3v) is 5.40. The first kappa shape index (κ1) is 17.9. The molecule has 5 heteroatoms. The lowest BCUT2D eigenvalue weighted by Crippen LogP contribution is -2.31. The average Bonchev–Trinajstić information content (AvgIpc) is 2.71. The third kappa shape index (κ3) is 2.57. The molecule has 0 fully saturated rings. The minimum absolute atomic E-state index is 0.0475. The molecule has 2 N–H and O–H groups in total. The molecule has 1 aliphatic rings. The van der Waals surface area contributed by atoms with Crippen molar-refractivity contribution >= 4 is 10.9 Å². The van der Waals surface area contributed by atoms with Crippen LogP contribution in [0.25, 0.3) is 10.9 Å². The maximum Gasteiger partial charge on any atom is 0.258 e. The first-order valence-corrected chi connectivity index (χ1v) is 9.23. The fraction of sp³-hybridized carbons (Fsp3) is 0.217. The fourth-order valence-electron chi connectivity index (χ4n) is 3.83. The number of rotatable bonds is 2. The number of aryl methyl sites for hydroxylation is 1. The van der Waals surface area contributed by atoms with Gasteiger partial charge in [-0.05, 0) is 29.2 Å². The van der Waals surface area contributed by atoms with E-state index in [-0.39, 0.29) is 17.0 Å². The molecule has 1 aliphatic heterocycles. The number of benzene rings is 2. The summed E-state index contributed by atoms with van der Waals surface area (Å²) in [5.41, 5.74) is 9.44. The number of nitrogens with two attached hydrogens (primary N) is 1. The van der Waals surface area contributed by atoms with E-state index in [1.54, 1.807) is 11.6 Å². The fourth-order valence-corrected chi connectivity index (χ4v) is 3.83. The number of fused-ring (bicyclic) bond motifs is 3. The highest BCUT2D eigenvalue weighted by Crippen LogP contribution is 2.43. The largest absolute Gasteiger partial charge is 0.439 e. The molecular weight excluding hydrogens is 350 g/mol. The molecule has 0 saturated carbocycles. The number of hydrogen-bond donors (Lipinski definition) is 1. The van der Waals surface area contributed by atoms with Gasteiger partial charge in [0, 0.05) is 12.4 Å². The lowest BCUT2D eigenvalue weighted by atomic mass is 9.82. The molecule has 0 aliphatic carbocycles. The summed E-state index contributed by atoms with van der Waals surface area (Å²) in [4.78, 5) is 13.3. The molecule has 28 heavy (non-hydrogen) atoms. The molecule has 2 heterocycles. The predicted molar refractivity (Wildman–Crippen MR) is 109 cm³/mol. The van der Waals surface area contributed by atoms with Crippen molar-refractivity contribution in [3.63, 3.8) is 0 Å². The normalized spacial score (nSPS) is 16.0. The summed E-state index contributed by atoms with van der Waals surface area (Å²) < 4.78 is 7.42. The number of para-hydroxylation sites is 1. The average molecular weight is 371 g/mol. The molecule has 0 amide bonds. The van der Waals surface area contributed by atoms with Crippen molar-refractivity contribution in [1.29, 1.82) is 5.26 Å². The Morgan fingerprint density at radius 3 is 2.46 bits per heavy atom. The van der Waals surface area contributed by atoms with Crippen LogP contribution in [0.3, 0.4) is 0 Å². The third-order valence-electron chi connectivity index (χ3n) is 5.40. The lowest BCUT2D eigenvalue weighted by molar-refractivity contribution is 0.396. The van der Waals surface area contributed by atoms with Crippen LogP contribution >= 0.6 is 0 Å². The monoisotopic (exact) mass is 371 g/mol. The zero-order valence-electron chi connectivity index (χ0n) is 16.1. The van der Waals surface area contributed by atoms with Gasteiger partial charge in [0.05, 0.1) is 17.0 Å². The molecule has 0 unspecified atom stereocenters. The van der Waals surface area contributed by atoms with Gasteiger partial charge in [-0.25, -0.2) is 0 Å². The molecule has 1 aromatic heterocycles. The molecule has 4 rings (SSSR count). The summed E-state index contributed by atoms with van der Waals surface area (Å²) >= 11 is 0. The number of nitrogens with zero attached hydrogens (tertiary/aromatic N) is 2. The van der Waals surface area contributed by atoms with Crippen molar-refractivity contribution in [2.24, 2.45) is 12.8 Å². The minimum atomic E-state index is -0.557. The van der Waals surface area contributed by atoms with Crippen LogP contribution in [-0.2, 0) is 7.05 Å². The molecular formula is C23H21N3O2. The highest BCUT2D eigenvalue weighted by atomic mass is 16.5. The Morgan fingerprint density at radius 2 is 1.82 bits per heavy atom. The molecule has 5 nitrogen and oxygen atoms in total. The van der Waals surface area contributed by atoms with E-state index in [2.05, 4.69) is 19.9 Å². The number of hydrogen-bond acceptors (Lipinski definition) is 4. The molecule has 140 valence electrons. The maximum atomic E-state index is 13.3. The van der Waals surface area contributed by atoms with Crippen LogP contribution in [0.1, 0.15) is 42.4 Å². The quantitative estimate of drug-likeness (QED) is 0.741. The lowest BCUT2D eigenvalue weighted by Gasteiger charge is -2.27. The second-order valence-electron chi connectivity index (χ2n) is 7.37. The maximum absolute atomic E-state index is 13.3. The molecule has 0 spiro atoms. The van der Waals surface area contributed by atoms with Gasteiger partial charge in [0.25, 0.3) is 5.56 Å². The van der Waals surface area contributed by atoms with Gasteiger partial charge < -0.3 is 15.0 Å². The Balaban J connectivity index is 2.04. The van der Waals surface area contributed by atoms with Gasteiger partial charge in [-0.2, -0.15) is 5.26 Å². The van der Waals surface area contributed by atoms with Crippen molar-refractivity contribution < 1.29 is 4.74 Å². The molecule has 3 aromatic rings. The van der Waals surface area contributed by atoms with Gasteiger partial charge in [-0.15, -0.1) is 0 Å². The van der Waals surface area contributed by atoms with E-state index in [0.717, 1.165) is 16.5 Å². The molecule has 0 bridgehead atoms. The Hall–Kier alpha value is -3.52. The van der Waals surface area contributed by atoms with Crippen LogP contribution < -0.4 is 16.0 Å². The van der Waals surface area contributed by atoms with Crippen molar-refractivity contribution in [2.75, 3.05) is 0 Å². The first-order valence-electron chi connectivity index (χ1n) is 9.23. The summed E-state index contributed by atoms with van der Waals surface area (Å²) in [6.07, 6.45) is 0. The zero-order chi connectivity index (χ0) is 20.0. The van der Waals surface area contributed by atoms with Gasteiger partial charge in [0.1, 0.15) is 17.4 Å². The second kappa shape index (κ2) is 6.58. The number of aromatic nitrogens is 1. The van der Waals surface area contributed by atoms with Crippen LogP contribution in [0.4, 0.5) is 0 Å². The highest BCUT2D eigenvalue weighted by Gasteiger charge is 2.35. The van der Waals surface area contributed by atoms with Gasteiger partial charge in [0.2, 0.25) is 5.88 Å². The summed E-state index contributed by atoms with van der Waals surface area (Å²) in [6, 6.07) is 17.7. The molecule has 0 saturated heterocycles. The number of allylic oxidation sites excluding steroid dienone is 1. The number of pyridine rings is 1. The minimum Gasteiger partial charge on any atom is -0.439 e. The van der Waals surface area contributed by atoms with Gasteiger partial charge >= 0.3 is 0 Å². The Labute approximate surface area is 163 Å². The Bertz CT molecular complexity index is 1210. The topological polar surface area (TPSA) is 81.0 Å². The molecule has 2 aromatic carbocycles. The Kier molecular flexibility index (Phi) is 4.20. The van der Waals surface area contributed by atoms with Crippen molar-refractivity contribution in [3.05, 3.63) is 87.0 Å².